The van der Waals surface area contributed by atoms with Crippen LogP contribution in [0.3, 0.4) is 0 Å². The summed E-state index contributed by atoms with van der Waals surface area (Å²) in [5.41, 5.74) is 2.03. The van der Waals surface area contributed by atoms with E-state index in [-0.39, 0.29) is 0 Å². The first-order chi connectivity index (χ1) is 12.2. The maximum absolute atomic E-state index is 10.5. The summed E-state index contributed by atoms with van der Waals surface area (Å²) in [4.78, 5) is 2.35. The molecule has 1 fully saturated rings. The van der Waals surface area contributed by atoms with Gasteiger partial charge in [0, 0.05) is 12.6 Å². The maximum Gasteiger partial charge on any atom is 0.120 e. The molecule has 0 amide bonds. The summed E-state index contributed by atoms with van der Waals surface area (Å²) in [6, 6.07) is 18.4. The molecule has 1 saturated heterocycles. The van der Waals surface area contributed by atoms with Gasteiger partial charge in [0.2, 0.25) is 0 Å². The van der Waals surface area contributed by atoms with E-state index >= 15 is 0 Å². The molecular formula is C21H28N2O2. The summed E-state index contributed by atoms with van der Waals surface area (Å²) in [6.45, 7) is 3.36. The molecule has 0 aliphatic carbocycles. The van der Waals surface area contributed by atoms with Gasteiger partial charge in [0.25, 0.3) is 0 Å². The highest BCUT2D eigenvalue weighted by Gasteiger charge is 2.17. The van der Waals surface area contributed by atoms with E-state index in [2.05, 4.69) is 17.3 Å². The lowest BCUT2D eigenvalue weighted by Gasteiger charge is -2.30. The predicted octanol–water partition coefficient (Wildman–Crippen LogP) is 2.98. The highest BCUT2D eigenvalue weighted by molar-refractivity contribution is 5.30. The molecule has 0 bridgehead atoms. The Balaban J connectivity index is 1.50. The third-order valence-electron chi connectivity index (χ3n) is 4.81. The van der Waals surface area contributed by atoms with Gasteiger partial charge in [-0.3, -0.25) is 0 Å². The van der Waals surface area contributed by atoms with Crippen LogP contribution in [-0.4, -0.2) is 42.7 Å². The minimum absolute atomic E-state index is 0.503. The number of hydrogen-bond acceptors (Lipinski definition) is 4. The van der Waals surface area contributed by atoms with Crippen molar-refractivity contribution in [3.8, 4) is 5.75 Å². The molecule has 0 aromatic heterocycles. The van der Waals surface area contributed by atoms with Crippen molar-refractivity contribution >= 4 is 0 Å². The number of piperidine rings is 1. The number of nitrogens with one attached hydrogen (secondary N) is 1. The van der Waals surface area contributed by atoms with Crippen molar-refractivity contribution in [3.63, 3.8) is 0 Å². The second-order valence-electron chi connectivity index (χ2n) is 6.85. The Bertz CT molecular complexity index is 639. The summed E-state index contributed by atoms with van der Waals surface area (Å²) in [5.74, 6) is 0.791. The molecule has 1 aliphatic heterocycles. The van der Waals surface area contributed by atoms with Crippen LogP contribution in [0.15, 0.2) is 54.6 Å². The monoisotopic (exact) mass is 340 g/mol. The second-order valence-corrected chi connectivity index (χ2v) is 6.85. The fraction of sp³-hybridized carbons (Fsp3) is 0.429. The Morgan fingerprint density at radius 1 is 1.12 bits per heavy atom. The van der Waals surface area contributed by atoms with E-state index < -0.39 is 6.10 Å². The highest BCUT2D eigenvalue weighted by atomic mass is 16.5. The lowest BCUT2D eigenvalue weighted by molar-refractivity contribution is 0.157. The molecular weight excluding hydrogens is 312 g/mol. The van der Waals surface area contributed by atoms with Crippen LogP contribution in [0.4, 0.5) is 0 Å². The molecule has 4 heteroatoms. The molecule has 2 aromatic carbocycles. The molecule has 2 aromatic rings. The van der Waals surface area contributed by atoms with Crippen molar-refractivity contribution in [1.29, 1.82) is 0 Å². The smallest absolute Gasteiger partial charge is 0.120 e. The third-order valence-corrected chi connectivity index (χ3v) is 4.81. The number of hydrogen-bond donors (Lipinski definition) is 2. The van der Waals surface area contributed by atoms with Crippen LogP contribution in [0.5, 0.6) is 5.75 Å². The van der Waals surface area contributed by atoms with Gasteiger partial charge in [0.1, 0.15) is 12.4 Å². The summed E-state index contributed by atoms with van der Waals surface area (Å²) in [7, 11) is 2.16. The van der Waals surface area contributed by atoms with Gasteiger partial charge in [-0.2, -0.15) is 0 Å². The zero-order valence-electron chi connectivity index (χ0n) is 14.9. The summed E-state index contributed by atoms with van der Waals surface area (Å²) < 4.78 is 5.85. The summed E-state index contributed by atoms with van der Waals surface area (Å²) >= 11 is 0. The Hall–Kier alpha value is -1.88. The van der Waals surface area contributed by atoms with Gasteiger partial charge in [-0.1, -0.05) is 42.5 Å². The molecule has 0 radical (unpaired) electrons. The number of aliphatic hydroxyl groups excluding tert-OH is 1. The molecule has 2 N–H and O–H groups in total. The Morgan fingerprint density at radius 3 is 2.64 bits per heavy atom. The van der Waals surface area contributed by atoms with E-state index in [1.807, 2.05) is 54.6 Å². The first-order valence-corrected chi connectivity index (χ1v) is 9.07. The van der Waals surface area contributed by atoms with E-state index in [9.17, 15) is 5.11 Å². The SMILES string of the molecule is CN1CCC(NCC(O)c2cccc(OCc3ccccc3)c2)CC1. The molecule has 1 atom stereocenters. The predicted molar refractivity (Wildman–Crippen MR) is 101 cm³/mol. The zero-order chi connectivity index (χ0) is 17.5. The minimum atomic E-state index is -0.514. The number of benzene rings is 2. The Kier molecular flexibility index (Phi) is 6.45. The minimum Gasteiger partial charge on any atom is -0.489 e. The molecule has 3 rings (SSSR count). The van der Waals surface area contributed by atoms with Gasteiger partial charge in [-0.25, -0.2) is 0 Å². The quantitative estimate of drug-likeness (QED) is 0.813. The lowest BCUT2D eigenvalue weighted by atomic mass is 10.0. The molecule has 134 valence electrons. The largest absolute Gasteiger partial charge is 0.489 e. The molecule has 1 aliphatic rings. The van der Waals surface area contributed by atoms with Crippen LogP contribution in [-0.2, 0) is 6.61 Å². The summed E-state index contributed by atoms with van der Waals surface area (Å²) in [5, 5.41) is 14.0. The second kappa shape index (κ2) is 8.99. The van der Waals surface area contributed by atoms with Gasteiger partial charge >= 0.3 is 0 Å². The Labute approximate surface area is 150 Å². The van der Waals surface area contributed by atoms with E-state index in [0.29, 0.717) is 19.2 Å². The average Bonchev–Trinajstić information content (AvgIpc) is 2.67. The highest BCUT2D eigenvalue weighted by Crippen LogP contribution is 2.20. The van der Waals surface area contributed by atoms with E-state index in [1.165, 1.54) is 0 Å². The fourth-order valence-electron chi connectivity index (χ4n) is 3.16. The van der Waals surface area contributed by atoms with Gasteiger partial charge in [-0.05, 0) is 56.2 Å². The van der Waals surface area contributed by atoms with Crippen LogP contribution in [0.1, 0.15) is 30.1 Å². The zero-order valence-corrected chi connectivity index (χ0v) is 14.9. The summed E-state index contributed by atoms with van der Waals surface area (Å²) in [6.07, 6.45) is 1.77. The number of nitrogens with zero attached hydrogens (tertiary/aromatic N) is 1. The number of rotatable bonds is 7. The van der Waals surface area contributed by atoms with Crippen LogP contribution >= 0.6 is 0 Å². The van der Waals surface area contributed by atoms with Crippen molar-refractivity contribution in [1.82, 2.24) is 10.2 Å². The standard InChI is InChI=1S/C21H28N2O2/c1-23-12-10-19(11-13-23)22-15-21(24)18-8-5-9-20(14-18)25-16-17-6-3-2-4-7-17/h2-9,14,19,21-22,24H,10-13,15-16H2,1H3. The number of likely N-dealkylation sites (tertiary alicyclic amines) is 1. The van der Waals surface area contributed by atoms with Crippen LogP contribution < -0.4 is 10.1 Å². The average molecular weight is 340 g/mol. The van der Waals surface area contributed by atoms with Crippen molar-refractivity contribution in [2.45, 2.75) is 31.6 Å². The van der Waals surface area contributed by atoms with Crippen LogP contribution in [0, 0.1) is 0 Å². The number of ether oxygens (including phenoxy) is 1. The molecule has 4 nitrogen and oxygen atoms in total. The van der Waals surface area contributed by atoms with E-state index in [1.54, 1.807) is 0 Å². The van der Waals surface area contributed by atoms with Crippen LogP contribution in [0.25, 0.3) is 0 Å². The fourth-order valence-corrected chi connectivity index (χ4v) is 3.16. The third kappa shape index (κ3) is 5.56. The molecule has 25 heavy (non-hydrogen) atoms. The lowest BCUT2D eigenvalue weighted by Crippen LogP contribution is -2.42. The molecule has 1 unspecified atom stereocenters. The van der Waals surface area contributed by atoms with Crippen molar-refractivity contribution < 1.29 is 9.84 Å². The topological polar surface area (TPSA) is 44.7 Å². The number of aliphatic hydroxyl groups is 1. The van der Waals surface area contributed by atoms with Crippen LogP contribution in [0.2, 0.25) is 0 Å². The van der Waals surface area contributed by atoms with Gasteiger partial charge in [0.15, 0.2) is 0 Å². The van der Waals surface area contributed by atoms with Gasteiger partial charge in [0.05, 0.1) is 6.10 Å². The van der Waals surface area contributed by atoms with Crippen molar-refractivity contribution in [3.05, 3.63) is 65.7 Å². The normalized spacial score (nSPS) is 17.4. The van der Waals surface area contributed by atoms with Gasteiger partial charge < -0.3 is 20.1 Å². The van der Waals surface area contributed by atoms with E-state index in [0.717, 1.165) is 42.8 Å². The maximum atomic E-state index is 10.5. The molecule has 0 spiro atoms. The Morgan fingerprint density at radius 2 is 1.88 bits per heavy atom. The van der Waals surface area contributed by atoms with Gasteiger partial charge in [-0.15, -0.1) is 0 Å². The first-order valence-electron chi connectivity index (χ1n) is 9.07. The molecule has 1 heterocycles. The van der Waals surface area contributed by atoms with E-state index in [4.69, 9.17) is 4.74 Å². The molecule has 0 saturated carbocycles. The van der Waals surface area contributed by atoms with Crippen molar-refractivity contribution in [2.75, 3.05) is 26.7 Å². The first kappa shape index (κ1) is 17.9. The van der Waals surface area contributed by atoms with Crippen molar-refractivity contribution in [2.24, 2.45) is 0 Å².